The average Bonchev–Trinajstić information content (AvgIpc) is 2.80. The van der Waals surface area contributed by atoms with E-state index in [1.54, 1.807) is 7.11 Å². The first-order valence-corrected chi connectivity index (χ1v) is 11.5. The molecule has 32 heavy (non-hydrogen) atoms. The summed E-state index contributed by atoms with van der Waals surface area (Å²) < 4.78 is 11.5. The van der Waals surface area contributed by atoms with E-state index in [2.05, 4.69) is 52.8 Å². The van der Waals surface area contributed by atoms with E-state index in [-0.39, 0.29) is 6.61 Å². The van der Waals surface area contributed by atoms with Crippen molar-refractivity contribution in [2.24, 2.45) is 0 Å². The van der Waals surface area contributed by atoms with Crippen molar-refractivity contribution in [2.75, 3.05) is 60.5 Å². The zero-order valence-corrected chi connectivity index (χ0v) is 20.0. The van der Waals surface area contributed by atoms with E-state index in [4.69, 9.17) is 9.47 Å². The molecule has 1 aliphatic rings. The molecule has 1 N–H and O–H groups in total. The Morgan fingerprint density at radius 1 is 1.12 bits per heavy atom. The van der Waals surface area contributed by atoms with Crippen LogP contribution in [0.15, 0.2) is 36.5 Å². The lowest BCUT2D eigenvalue weighted by molar-refractivity contribution is 0.0500. The van der Waals surface area contributed by atoms with Crippen LogP contribution in [0.1, 0.15) is 23.7 Å². The number of hydrogen-bond donors (Lipinski definition) is 1. The number of ether oxygens (including phenoxy) is 2. The summed E-state index contributed by atoms with van der Waals surface area (Å²) in [4.78, 5) is 11.4. The van der Waals surface area contributed by atoms with Gasteiger partial charge in [-0.2, -0.15) is 0 Å². The van der Waals surface area contributed by atoms with Gasteiger partial charge in [0.25, 0.3) is 0 Å². The fourth-order valence-corrected chi connectivity index (χ4v) is 3.88. The number of pyridine rings is 1. The van der Waals surface area contributed by atoms with Gasteiger partial charge in [-0.05, 0) is 38.2 Å². The smallest absolute Gasteiger partial charge is 0.127 e. The second-order valence-corrected chi connectivity index (χ2v) is 8.73. The Balaban J connectivity index is 1.57. The number of piperazine rings is 1. The van der Waals surface area contributed by atoms with Crippen LogP contribution in [-0.4, -0.2) is 91.4 Å². The molecule has 7 heteroatoms. The third-order valence-electron chi connectivity index (χ3n) is 5.94. The molecule has 1 saturated heterocycles. The Kier molecular flexibility index (Phi) is 9.29. The second kappa shape index (κ2) is 12.2. The molecule has 0 aliphatic carbocycles. The predicted molar refractivity (Wildman–Crippen MR) is 127 cm³/mol. The standard InChI is InChI=1S/C25H38N4O3/c1-5-20-6-8-22(26-15-20)17-28(3)16-21-7-9-24(31-4)14-25(21)32-19-23(30)18-29-12-10-27(2)11-13-29/h6-9,14-15,23,30H,5,10-13,16-19H2,1-4H3. The fraction of sp³-hybridized carbons (Fsp3) is 0.560. The Hall–Kier alpha value is -2.19. The maximum absolute atomic E-state index is 10.5. The lowest BCUT2D eigenvalue weighted by atomic mass is 10.1. The lowest BCUT2D eigenvalue weighted by Gasteiger charge is -2.33. The topological polar surface area (TPSA) is 61.3 Å². The van der Waals surface area contributed by atoms with Gasteiger partial charge in [-0.1, -0.05) is 19.1 Å². The van der Waals surface area contributed by atoms with Crippen LogP contribution in [0.4, 0.5) is 0 Å². The third-order valence-corrected chi connectivity index (χ3v) is 5.94. The number of aliphatic hydroxyl groups excluding tert-OH is 1. The molecule has 1 aromatic carbocycles. The van der Waals surface area contributed by atoms with E-state index in [9.17, 15) is 5.11 Å². The maximum atomic E-state index is 10.5. The number of hydrogen-bond acceptors (Lipinski definition) is 7. The minimum atomic E-state index is -0.531. The summed E-state index contributed by atoms with van der Waals surface area (Å²) in [5.74, 6) is 1.50. The number of benzene rings is 1. The zero-order chi connectivity index (χ0) is 22.9. The van der Waals surface area contributed by atoms with Gasteiger partial charge < -0.3 is 19.5 Å². The normalized spacial score (nSPS) is 16.3. The minimum absolute atomic E-state index is 0.260. The first kappa shape index (κ1) is 24.5. The molecule has 1 aromatic heterocycles. The van der Waals surface area contributed by atoms with Crippen molar-refractivity contribution in [3.8, 4) is 11.5 Å². The van der Waals surface area contributed by atoms with Crippen molar-refractivity contribution in [3.63, 3.8) is 0 Å². The van der Waals surface area contributed by atoms with Gasteiger partial charge in [0, 0.05) is 63.6 Å². The summed E-state index contributed by atoms with van der Waals surface area (Å²) in [5.41, 5.74) is 3.35. The van der Waals surface area contributed by atoms with E-state index in [0.29, 0.717) is 13.1 Å². The van der Waals surface area contributed by atoms with Crippen LogP contribution in [-0.2, 0) is 19.5 Å². The van der Waals surface area contributed by atoms with Gasteiger partial charge in [0.05, 0.1) is 12.8 Å². The number of aryl methyl sites for hydroxylation is 1. The average molecular weight is 443 g/mol. The molecule has 0 bridgehead atoms. The zero-order valence-electron chi connectivity index (χ0n) is 20.0. The van der Waals surface area contributed by atoms with Gasteiger partial charge in [0.1, 0.15) is 24.2 Å². The monoisotopic (exact) mass is 442 g/mol. The summed E-state index contributed by atoms with van der Waals surface area (Å²) in [6, 6.07) is 10.1. The van der Waals surface area contributed by atoms with Crippen molar-refractivity contribution < 1.29 is 14.6 Å². The minimum Gasteiger partial charge on any atom is -0.497 e. The summed E-state index contributed by atoms with van der Waals surface area (Å²) >= 11 is 0. The highest BCUT2D eigenvalue weighted by Gasteiger charge is 2.18. The molecule has 1 unspecified atom stereocenters. The Bertz CT molecular complexity index is 822. The summed E-state index contributed by atoms with van der Waals surface area (Å²) in [6.45, 7) is 8.53. The van der Waals surface area contributed by atoms with Crippen LogP contribution in [0.3, 0.4) is 0 Å². The Labute approximate surface area is 192 Å². The van der Waals surface area contributed by atoms with Crippen LogP contribution in [0.5, 0.6) is 11.5 Å². The van der Waals surface area contributed by atoms with Crippen LogP contribution >= 0.6 is 0 Å². The van der Waals surface area contributed by atoms with Crippen LogP contribution in [0, 0.1) is 0 Å². The van der Waals surface area contributed by atoms with Gasteiger partial charge in [0.15, 0.2) is 0 Å². The lowest BCUT2D eigenvalue weighted by Crippen LogP contribution is -2.47. The number of β-amino-alcohol motifs (C(OH)–C–C–N with tert-alkyl or cyclic N) is 1. The van der Waals surface area contributed by atoms with Gasteiger partial charge in [-0.3, -0.25) is 14.8 Å². The molecule has 7 nitrogen and oxygen atoms in total. The van der Waals surface area contributed by atoms with E-state index in [0.717, 1.165) is 61.9 Å². The largest absolute Gasteiger partial charge is 0.497 e. The fourth-order valence-electron chi connectivity index (χ4n) is 3.88. The second-order valence-electron chi connectivity index (χ2n) is 8.73. The van der Waals surface area contributed by atoms with Crippen molar-refractivity contribution in [1.29, 1.82) is 0 Å². The van der Waals surface area contributed by atoms with Crippen LogP contribution < -0.4 is 9.47 Å². The van der Waals surface area contributed by atoms with Crippen molar-refractivity contribution in [1.82, 2.24) is 19.7 Å². The summed E-state index contributed by atoms with van der Waals surface area (Å²) in [5, 5.41) is 10.5. The quantitative estimate of drug-likeness (QED) is 0.573. The molecule has 0 saturated carbocycles. The first-order chi connectivity index (χ1) is 15.5. The van der Waals surface area contributed by atoms with Crippen LogP contribution in [0.2, 0.25) is 0 Å². The number of nitrogens with zero attached hydrogens (tertiary/aromatic N) is 4. The molecular weight excluding hydrogens is 404 g/mol. The molecule has 2 heterocycles. The molecule has 0 amide bonds. The van der Waals surface area contributed by atoms with Crippen molar-refractivity contribution >= 4 is 0 Å². The van der Waals surface area contributed by atoms with Crippen molar-refractivity contribution in [3.05, 3.63) is 53.3 Å². The van der Waals surface area contributed by atoms with Gasteiger partial charge in [0.2, 0.25) is 0 Å². The molecule has 176 valence electrons. The van der Waals surface area contributed by atoms with E-state index < -0.39 is 6.10 Å². The van der Waals surface area contributed by atoms with E-state index in [1.807, 2.05) is 24.4 Å². The van der Waals surface area contributed by atoms with Gasteiger partial charge in [-0.25, -0.2) is 0 Å². The number of aliphatic hydroxyl groups is 1. The highest BCUT2D eigenvalue weighted by molar-refractivity contribution is 5.40. The molecule has 1 fully saturated rings. The molecular formula is C25H38N4O3. The molecule has 2 aromatic rings. The first-order valence-electron chi connectivity index (χ1n) is 11.5. The molecule has 0 radical (unpaired) electrons. The molecule has 1 atom stereocenters. The van der Waals surface area contributed by atoms with Crippen molar-refractivity contribution in [2.45, 2.75) is 32.5 Å². The van der Waals surface area contributed by atoms with E-state index in [1.165, 1.54) is 5.56 Å². The van der Waals surface area contributed by atoms with Gasteiger partial charge >= 0.3 is 0 Å². The predicted octanol–water partition coefficient (Wildman–Crippen LogP) is 2.27. The SMILES string of the molecule is CCc1ccc(CN(C)Cc2ccc(OC)cc2OCC(O)CN2CCN(C)CC2)nc1. The summed E-state index contributed by atoms with van der Waals surface area (Å²) in [6.07, 6.45) is 2.42. The highest BCUT2D eigenvalue weighted by atomic mass is 16.5. The molecule has 3 rings (SSSR count). The number of rotatable bonds is 11. The van der Waals surface area contributed by atoms with Gasteiger partial charge in [-0.15, -0.1) is 0 Å². The maximum Gasteiger partial charge on any atom is 0.127 e. The molecule has 0 spiro atoms. The summed E-state index contributed by atoms with van der Waals surface area (Å²) in [7, 11) is 5.86. The Morgan fingerprint density at radius 2 is 1.91 bits per heavy atom. The number of methoxy groups -OCH3 is 1. The molecule has 1 aliphatic heterocycles. The Morgan fingerprint density at radius 3 is 2.56 bits per heavy atom. The van der Waals surface area contributed by atoms with E-state index >= 15 is 0 Å². The highest BCUT2D eigenvalue weighted by Crippen LogP contribution is 2.26. The van der Waals surface area contributed by atoms with Crippen LogP contribution in [0.25, 0.3) is 0 Å². The number of likely N-dealkylation sites (N-methyl/N-ethyl adjacent to an activating group) is 1. The third kappa shape index (κ3) is 7.45. The number of aromatic nitrogens is 1.